The van der Waals surface area contributed by atoms with E-state index in [9.17, 15) is 19.5 Å². The van der Waals surface area contributed by atoms with Gasteiger partial charge in [0, 0.05) is 16.7 Å². The highest BCUT2D eigenvalue weighted by Crippen LogP contribution is 2.40. The van der Waals surface area contributed by atoms with E-state index in [0.717, 1.165) is 30.6 Å². The second-order valence-corrected chi connectivity index (χ2v) is 9.36. The van der Waals surface area contributed by atoms with Gasteiger partial charge in [0.2, 0.25) is 5.91 Å². The number of carbonyl (C=O) groups excluding carboxylic acids is 2. The molecule has 1 aromatic carbocycles. The first-order valence-electron chi connectivity index (χ1n) is 11.1. The van der Waals surface area contributed by atoms with Crippen molar-refractivity contribution in [2.75, 3.05) is 12.4 Å². The summed E-state index contributed by atoms with van der Waals surface area (Å²) in [5.41, 5.74) is 0. The standard InChI is InChI=1S/C23H32N2O5S/c1-3-30-23(29)18(14-31-17-10-5-4-6-11-17)24-15(2)21(26)25-19-12-8-7-9-16(19)13-20(25)22(27)28/h4-6,10-11,15-16,18-20,24H,3,7-9,12-14H2,1-2H3,(H,27,28)/t15-,16?,18?,19?,20-/m0/s1. The molecule has 2 N–H and O–H groups in total. The topological polar surface area (TPSA) is 95.9 Å². The van der Waals surface area contributed by atoms with Crippen LogP contribution in [-0.4, -0.2) is 64.4 Å². The van der Waals surface area contributed by atoms with Gasteiger partial charge in [0.05, 0.1) is 12.6 Å². The summed E-state index contributed by atoms with van der Waals surface area (Å²) in [4.78, 5) is 40.3. The molecule has 1 aliphatic heterocycles. The van der Waals surface area contributed by atoms with Crippen LogP contribution >= 0.6 is 11.8 Å². The molecule has 3 unspecified atom stereocenters. The molecule has 7 nitrogen and oxygen atoms in total. The summed E-state index contributed by atoms with van der Waals surface area (Å²) < 4.78 is 5.21. The van der Waals surface area contributed by atoms with Crippen LogP contribution in [0.25, 0.3) is 0 Å². The summed E-state index contributed by atoms with van der Waals surface area (Å²) in [7, 11) is 0. The largest absolute Gasteiger partial charge is 0.480 e. The van der Waals surface area contributed by atoms with E-state index in [1.807, 2.05) is 30.3 Å². The van der Waals surface area contributed by atoms with Crippen molar-refractivity contribution in [3.05, 3.63) is 30.3 Å². The summed E-state index contributed by atoms with van der Waals surface area (Å²) in [6, 6.07) is 7.56. The SMILES string of the molecule is CCOC(=O)C(CSc1ccccc1)N[C@@H](C)C(=O)N1C2CCCCC2C[C@H]1C(=O)O. The number of hydrogen-bond donors (Lipinski definition) is 2. The summed E-state index contributed by atoms with van der Waals surface area (Å²) >= 11 is 1.51. The number of thioether (sulfide) groups is 1. The number of carboxylic acid groups (broad SMARTS) is 1. The van der Waals surface area contributed by atoms with Crippen LogP contribution in [0.3, 0.4) is 0 Å². The van der Waals surface area contributed by atoms with Gasteiger partial charge in [0.25, 0.3) is 0 Å². The van der Waals surface area contributed by atoms with Crippen molar-refractivity contribution in [3.8, 4) is 0 Å². The Balaban J connectivity index is 1.70. The minimum atomic E-state index is -0.948. The number of amides is 1. The third-order valence-electron chi connectivity index (χ3n) is 6.18. The highest BCUT2D eigenvalue weighted by molar-refractivity contribution is 7.99. The Labute approximate surface area is 187 Å². The van der Waals surface area contributed by atoms with Crippen molar-refractivity contribution in [1.82, 2.24) is 10.2 Å². The Bertz CT molecular complexity index is 774. The first kappa shape index (κ1) is 23.6. The molecule has 1 amide bonds. The van der Waals surface area contributed by atoms with E-state index >= 15 is 0 Å². The molecule has 0 spiro atoms. The lowest BCUT2D eigenvalue weighted by atomic mass is 9.84. The predicted molar refractivity (Wildman–Crippen MR) is 119 cm³/mol. The highest BCUT2D eigenvalue weighted by atomic mass is 32.2. The van der Waals surface area contributed by atoms with Crippen molar-refractivity contribution in [2.24, 2.45) is 5.92 Å². The van der Waals surface area contributed by atoms with E-state index in [1.54, 1.807) is 18.7 Å². The highest BCUT2D eigenvalue weighted by Gasteiger charge is 2.48. The van der Waals surface area contributed by atoms with Crippen molar-refractivity contribution in [2.45, 2.75) is 75.0 Å². The number of ether oxygens (including phenoxy) is 1. The van der Waals surface area contributed by atoms with Crippen molar-refractivity contribution < 1.29 is 24.2 Å². The molecule has 0 aromatic heterocycles. The number of likely N-dealkylation sites (tertiary alicyclic amines) is 1. The Morgan fingerprint density at radius 1 is 1.23 bits per heavy atom. The summed E-state index contributed by atoms with van der Waals surface area (Å²) in [5, 5.41) is 12.8. The number of aliphatic carboxylic acids is 1. The van der Waals surface area contributed by atoms with E-state index in [0.29, 0.717) is 12.2 Å². The third-order valence-corrected chi connectivity index (χ3v) is 7.29. The first-order valence-corrected chi connectivity index (χ1v) is 12.1. The monoisotopic (exact) mass is 448 g/mol. The lowest BCUT2D eigenvalue weighted by molar-refractivity contribution is -0.151. The van der Waals surface area contributed by atoms with Gasteiger partial charge in [0.15, 0.2) is 0 Å². The van der Waals surface area contributed by atoms with Crippen LogP contribution in [0.1, 0.15) is 46.0 Å². The molecule has 2 aliphatic rings. The Morgan fingerprint density at radius 3 is 2.61 bits per heavy atom. The summed E-state index contributed by atoms with van der Waals surface area (Å²) in [5.74, 6) is -0.940. The van der Waals surface area contributed by atoms with E-state index in [-0.39, 0.29) is 24.5 Å². The number of hydrogen-bond acceptors (Lipinski definition) is 6. The number of carbonyl (C=O) groups is 3. The van der Waals surface area contributed by atoms with E-state index in [2.05, 4.69) is 5.32 Å². The van der Waals surface area contributed by atoms with Crippen LogP contribution in [0.5, 0.6) is 0 Å². The van der Waals surface area contributed by atoms with E-state index < -0.39 is 30.1 Å². The van der Waals surface area contributed by atoms with Crippen molar-refractivity contribution in [3.63, 3.8) is 0 Å². The maximum absolute atomic E-state index is 13.3. The maximum atomic E-state index is 13.3. The summed E-state index contributed by atoms with van der Waals surface area (Å²) in [6.45, 7) is 3.71. The molecule has 1 heterocycles. The molecule has 8 heteroatoms. The van der Waals surface area contributed by atoms with Gasteiger partial charge >= 0.3 is 11.9 Å². The van der Waals surface area contributed by atoms with Crippen LogP contribution in [0.15, 0.2) is 35.2 Å². The molecule has 5 atom stereocenters. The molecular formula is C23H32N2O5S. The molecule has 31 heavy (non-hydrogen) atoms. The zero-order valence-corrected chi connectivity index (χ0v) is 19.0. The maximum Gasteiger partial charge on any atom is 0.326 e. The summed E-state index contributed by atoms with van der Waals surface area (Å²) in [6.07, 6.45) is 4.43. The van der Waals surface area contributed by atoms with Crippen LogP contribution in [0.2, 0.25) is 0 Å². The van der Waals surface area contributed by atoms with Crippen LogP contribution in [-0.2, 0) is 19.1 Å². The lowest BCUT2D eigenvalue weighted by Crippen LogP contribution is -2.56. The molecular weight excluding hydrogens is 416 g/mol. The first-order chi connectivity index (χ1) is 14.9. The average molecular weight is 449 g/mol. The van der Waals surface area contributed by atoms with Gasteiger partial charge in [-0.3, -0.25) is 14.9 Å². The fraction of sp³-hybridized carbons (Fsp3) is 0.609. The number of nitrogens with one attached hydrogen (secondary N) is 1. The molecule has 0 bridgehead atoms. The molecule has 3 rings (SSSR count). The minimum Gasteiger partial charge on any atom is -0.480 e. The number of carboxylic acids is 1. The van der Waals surface area contributed by atoms with Crippen LogP contribution in [0, 0.1) is 5.92 Å². The Kier molecular flexibility index (Phi) is 8.37. The average Bonchev–Trinajstić information content (AvgIpc) is 3.16. The molecule has 1 saturated carbocycles. The van der Waals surface area contributed by atoms with Crippen LogP contribution in [0.4, 0.5) is 0 Å². The van der Waals surface area contributed by atoms with Crippen LogP contribution < -0.4 is 5.32 Å². The van der Waals surface area contributed by atoms with E-state index in [4.69, 9.17) is 4.74 Å². The molecule has 1 saturated heterocycles. The zero-order valence-electron chi connectivity index (χ0n) is 18.2. The fourth-order valence-electron chi connectivity index (χ4n) is 4.72. The van der Waals surface area contributed by atoms with Crippen molar-refractivity contribution in [1.29, 1.82) is 0 Å². The molecule has 170 valence electrons. The molecule has 1 aliphatic carbocycles. The minimum absolute atomic E-state index is 0.0219. The fourth-order valence-corrected chi connectivity index (χ4v) is 5.66. The number of fused-ring (bicyclic) bond motifs is 1. The van der Waals surface area contributed by atoms with Gasteiger partial charge in [-0.15, -0.1) is 11.8 Å². The predicted octanol–water partition coefficient (Wildman–Crippen LogP) is 2.93. The van der Waals surface area contributed by atoms with Crippen molar-refractivity contribution >= 4 is 29.6 Å². The second kappa shape index (κ2) is 11.0. The third kappa shape index (κ3) is 5.80. The normalized spacial score (nSPS) is 24.8. The number of nitrogens with zero attached hydrogens (tertiary/aromatic N) is 1. The molecule has 0 radical (unpaired) electrons. The van der Waals surface area contributed by atoms with Gasteiger partial charge in [-0.1, -0.05) is 31.0 Å². The number of esters is 1. The van der Waals surface area contributed by atoms with Gasteiger partial charge < -0.3 is 14.7 Å². The van der Waals surface area contributed by atoms with Gasteiger partial charge in [-0.2, -0.15) is 0 Å². The van der Waals surface area contributed by atoms with Gasteiger partial charge in [-0.25, -0.2) is 4.79 Å². The second-order valence-electron chi connectivity index (χ2n) is 8.26. The Hall–Kier alpha value is -2.06. The zero-order chi connectivity index (χ0) is 22.4. The Morgan fingerprint density at radius 2 is 1.94 bits per heavy atom. The van der Waals surface area contributed by atoms with Gasteiger partial charge in [0.1, 0.15) is 12.1 Å². The number of rotatable bonds is 9. The smallest absolute Gasteiger partial charge is 0.326 e. The molecule has 1 aromatic rings. The quantitative estimate of drug-likeness (QED) is 0.443. The lowest BCUT2D eigenvalue weighted by Gasteiger charge is -2.35. The van der Waals surface area contributed by atoms with E-state index in [1.165, 1.54) is 11.8 Å². The molecule has 2 fully saturated rings. The van der Waals surface area contributed by atoms with Gasteiger partial charge in [-0.05, 0) is 51.2 Å². The number of benzene rings is 1.